The number of piperidine rings is 2. The lowest BCUT2D eigenvalue weighted by Crippen LogP contribution is -2.51. The van der Waals surface area contributed by atoms with Crippen molar-refractivity contribution in [1.82, 2.24) is 9.80 Å². The molecular formula is C18H26N2O3. The Morgan fingerprint density at radius 3 is 2.61 bits per heavy atom. The monoisotopic (exact) mass is 318 g/mol. The molecule has 2 N–H and O–H groups in total. The molecule has 0 aromatic heterocycles. The van der Waals surface area contributed by atoms with Crippen molar-refractivity contribution in [3.05, 3.63) is 29.8 Å². The van der Waals surface area contributed by atoms with Gasteiger partial charge in [-0.15, -0.1) is 0 Å². The van der Waals surface area contributed by atoms with Gasteiger partial charge in [-0.05, 0) is 49.9 Å². The molecule has 2 aliphatic rings. The van der Waals surface area contributed by atoms with Gasteiger partial charge in [-0.2, -0.15) is 0 Å². The van der Waals surface area contributed by atoms with E-state index < -0.39 is 6.10 Å². The maximum Gasteiger partial charge on any atom is 0.229 e. The number of rotatable bonds is 2. The summed E-state index contributed by atoms with van der Waals surface area (Å²) in [6.45, 7) is 2.95. The molecule has 1 aromatic rings. The van der Waals surface area contributed by atoms with Crippen LogP contribution in [0.5, 0.6) is 5.75 Å². The van der Waals surface area contributed by atoms with Crippen LogP contribution in [0.15, 0.2) is 24.3 Å². The van der Waals surface area contributed by atoms with Gasteiger partial charge in [0.1, 0.15) is 5.75 Å². The topological polar surface area (TPSA) is 64.0 Å². The number of aliphatic hydroxyl groups excluding tert-OH is 1. The summed E-state index contributed by atoms with van der Waals surface area (Å²) in [5, 5.41) is 19.8. The zero-order valence-electron chi connectivity index (χ0n) is 13.7. The number of hydrogen-bond donors (Lipinski definition) is 2. The van der Waals surface area contributed by atoms with Crippen LogP contribution < -0.4 is 0 Å². The van der Waals surface area contributed by atoms with Gasteiger partial charge < -0.3 is 20.0 Å². The molecule has 3 rings (SSSR count). The molecule has 126 valence electrons. The van der Waals surface area contributed by atoms with Gasteiger partial charge in [-0.1, -0.05) is 12.1 Å². The highest BCUT2D eigenvalue weighted by Crippen LogP contribution is 2.31. The summed E-state index contributed by atoms with van der Waals surface area (Å²) >= 11 is 0. The van der Waals surface area contributed by atoms with Crippen LogP contribution >= 0.6 is 0 Å². The van der Waals surface area contributed by atoms with Crippen molar-refractivity contribution in [2.24, 2.45) is 5.92 Å². The number of hydrogen-bond acceptors (Lipinski definition) is 4. The lowest BCUT2D eigenvalue weighted by Gasteiger charge is -2.39. The van der Waals surface area contributed by atoms with E-state index in [0.717, 1.165) is 38.0 Å². The minimum Gasteiger partial charge on any atom is -0.508 e. The van der Waals surface area contributed by atoms with E-state index in [1.165, 1.54) is 0 Å². The van der Waals surface area contributed by atoms with E-state index in [4.69, 9.17) is 0 Å². The van der Waals surface area contributed by atoms with E-state index in [-0.39, 0.29) is 11.8 Å². The maximum atomic E-state index is 12.7. The van der Waals surface area contributed by atoms with Gasteiger partial charge in [0.25, 0.3) is 0 Å². The van der Waals surface area contributed by atoms with Crippen molar-refractivity contribution in [2.45, 2.75) is 31.3 Å². The van der Waals surface area contributed by atoms with Crippen molar-refractivity contribution in [3.63, 3.8) is 0 Å². The Kier molecular flexibility index (Phi) is 4.87. The molecule has 5 nitrogen and oxygen atoms in total. The van der Waals surface area contributed by atoms with Crippen LogP contribution in [0.4, 0.5) is 0 Å². The van der Waals surface area contributed by atoms with E-state index in [1.807, 2.05) is 30.1 Å². The molecule has 2 heterocycles. The normalized spacial score (nSPS) is 27.1. The second kappa shape index (κ2) is 6.89. The van der Waals surface area contributed by atoms with E-state index in [9.17, 15) is 15.0 Å². The van der Waals surface area contributed by atoms with E-state index in [2.05, 4.69) is 4.90 Å². The van der Waals surface area contributed by atoms with Crippen LogP contribution in [0.3, 0.4) is 0 Å². The number of phenolic OH excluding ortho intramolecular Hbond substituents is 1. The summed E-state index contributed by atoms with van der Waals surface area (Å²) < 4.78 is 0. The highest BCUT2D eigenvalue weighted by molar-refractivity contribution is 5.80. The minimum atomic E-state index is -0.512. The summed E-state index contributed by atoms with van der Waals surface area (Å²) in [5.41, 5.74) is 1.15. The first kappa shape index (κ1) is 16.3. The third-order valence-electron chi connectivity index (χ3n) is 5.24. The molecular weight excluding hydrogens is 292 g/mol. The van der Waals surface area contributed by atoms with E-state index in [1.54, 1.807) is 6.07 Å². The lowest BCUT2D eigenvalue weighted by atomic mass is 9.87. The number of carbonyl (C=O) groups is 1. The Balaban J connectivity index is 1.59. The molecule has 23 heavy (non-hydrogen) atoms. The first-order valence-corrected chi connectivity index (χ1v) is 8.49. The van der Waals surface area contributed by atoms with Crippen LogP contribution in [0.1, 0.15) is 30.7 Å². The Labute approximate surface area is 137 Å². The maximum absolute atomic E-state index is 12.7. The van der Waals surface area contributed by atoms with Gasteiger partial charge in [-0.25, -0.2) is 0 Å². The van der Waals surface area contributed by atoms with Crippen molar-refractivity contribution in [3.8, 4) is 5.75 Å². The van der Waals surface area contributed by atoms with Crippen molar-refractivity contribution in [2.75, 3.05) is 33.2 Å². The first-order valence-electron chi connectivity index (χ1n) is 8.49. The Hall–Kier alpha value is -1.59. The standard InChI is InChI=1S/C18H26N2O3/c1-19-8-7-17(22)16(12-19)18(23)20-9-5-13(6-10-20)14-3-2-4-15(21)11-14/h2-4,11,13,16-17,21-22H,5-10,12H2,1H3/t16-,17+/m1/s1. The van der Waals surface area contributed by atoms with Crippen molar-refractivity contribution < 1.29 is 15.0 Å². The van der Waals surface area contributed by atoms with Gasteiger partial charge >= 0.3 is 0 Å². The number of carbonyl (C=O) groups excluding carboxylic acids is 1. The van der Waals surface area contributed by atoms with Gasteiger partial charge in [0.05, 0.1) is 12.0 Å². The summed E-state index contributed by atoms with van der Waals surface area (Å²) in [7, 11) is 2.00. The van der Waals surface area contributed by atoms with Crippen molar-refractivity contribution >= 4 is 5.91 Å². The molecule has 1 aromatic carbocycles. The fourth-order valence-electron chi connectivity index (χ4n) is 3.79. The number of aromatic hydroxyl groups is 1. The average Bonchev–Trinajstić information content (AvgIpc) is 2.56. The number of aliphatic hydroxyl groups is 1. The molecule has 0 saturated carbocycles. The highest BCUT2D eigenvalue weighted by Gasteiger charge is 2.36. The van der Waals surface area contributed by atoms with Crippen LogP contribution in [-0.4, -0.2) is 65.3 Å². The molecule has 0 unspecified atom stereocenters. The molecule has 2 atom stereocenters. The lowest BCUT2D eigenvalue weighted by molar-refractivity contribution is -0.143. The van der Waals surface area contributed by atoms with Crippen LogP contribution in [0.2, 0.25) is 0 Å². The SMILES string of the molecule is CN1CC[C@H](O)[C@H](C(=O)N2CCC(c3cccc(O)c3)CC2)C1. The van der Waals surface area contributed by atoms with Crippen LogP contribution in [0, 0.1) is 5.92 Å². The molecule has 2 saturated heterocycles. The quantitative estimate of drug-likeness (QED) is 0.865. The number of likely N-dealkylation sites (tertiary alicyclic amines) is 2. The molecule has 5 heteroatoms. The summed E-state index contributed by atoms with van der Waals surface area (Å²) in [6.07, 6.45) is 1.98. The predicted molar refractivity (Wildman–Crippen MR) is 88.3 cm³/mol. The molecule has 2 aliphatic heterocycles. The highest BCUT2D eigenvalue weighted by atomic mass is 16.3. The molecule has 0 radical (unpaired) electrons. The summed E-state index contributed by atoms with van der Waals surface area (Å²) in [4.78, 5) is 16.7. The molecule has 0 spiro atoms. The third-order valence-corrected chi connectivity index (χ3v) is 5.24. The number of phenols is 1. The number of nitrogens with zero attached hydrogens (tertiary/aromatic N) is 2. The minimum absolute atomic E-state index is 0.0957. The smallest absolute Gasteiger partial charge is 0.229 e. The molecule has 0 aliphatic carbocycles. The van der Waals surface area contributed by atoms with Crippen LogP contribution in [0.25, 0.3) is 0 Å². The Morgan fingerprint density at radius 1 is 1.17 bits per heavy atom. The molecule has 0 bridgehead atoms. The van der Waals surface area contributed by atoms with Gasteiger partial charge in [0, 0.05) is 26.2 Å². The summed E-state index contributed by atoms with van der Waals surface area (Å²) in [5.74, 6) is 0.504. The average molecular weight is 318 g/mol. The van der Waals surface area contributed by atoms with Gasteiger partial charge in [0.15, 0.2) is 0 Å². The van der Waals surface area contributed by atoms with Gasteiger partial charge in [0.2, 0.25) is 5.91 Å². The largest absolute Gasteiger partial charge is 0.508 e. The Bertz CT molecular complexity index is 555. The number of benzene rings is 1. The second-order valence-corrected chi connectivity index (χ2v) is 6.92. The predicted octanol–water partition coefficient (Wildman–Crippen LogP) is 1.41. The fourth-order valence-corrected chi connectivity index (χ4v) is 3.79. The van der Waals surface area contributed by atoms with Crippen LogP contribution in [-0.2, 0) is 4.79 Å². The second-order valence-electron chi connectivity index (χ2n) is 6.92. The molecule has 2 fully saturated rings. The zero-order valence-corrected chi connectivity index (χ0v) is 13.7. The Morgan fingerprint density at radius 2 is 1.91 bits per heavy atom. The first-order chi connectivity index (χ1) is 11.0. The zero-order chi connectivity index (χ0) is 16.4. The third kappa shape index (κ3) is 3.67. The summed E-state index contributed by atoms with van der Waals surface area (Å²) in [6, 6.07) is 7.42. The van der Waals surface area contributed by atoms with Gasteiger partial charge in [-0.3, -0.25) is 4.79 Å². The fraction of sp³-hybridized carbons (Fsp3) is 0.611. The van der Waals surface area contributed by atoms with E-state index >= 15 is 0 Å². The molecule has 1 amide bonds. The number of amides is 1. The van der Waals surface area contributed by atoms with Crippen molar-refractivity contribution in [1.29, 1.82) is 0 Å². The van der Waals surface area contributed by atoms with E-state index in [0.29, 0.717) is 24.6 Å².